The van der Waals surface area contributed by atoms with Crippen molar-refractivity contribution in [2.75, 3.05) is 32.7 Å². The molecular weight excluding hydrogens is 302 g/mol. The molecule has 0 radical (unpaired) electrons. The lowest BCUT2D eigenvalue weighted by Crippen LogP contribution is -2.46. The molecule has 1 aliphatic rings. The van der Waals surface area contributed by atoms with Crippen LogP contribution in [0.1, 0.15) is 32.3 Å². The summed E-state index contributed by atoms with van der Waals surface area (Å²) in [4.78, 5) is 16.8. The Balaban J connectivity index is 1.87. The maximum atomic E-state index is 12.5. The van der Waals surface area contributed by atoms with Gasteiger partial charge < -0.3 is 20.3 Å². The first kappa shape index (κ1) is 18.7. The molecule has 1 aromatic rings. The summed E-state index contributed by atoms with van der Waals surface area (Å²) in [7, 11) is 0. The molecule has 1 aromatic carbocycles. The Bertz CT molecular complexity index is 491. The number of rotatable bonds is 7. The summed E-state index contributed by atoms with van der Waals surface area (Å²) >= 11 is 0. The number of nitrogens with zero attached hydrogens (tertiary/aromatic N) is 2. The molecule has 1 atom stereocenters. The quantitative estimate of drug-likeness (QED) is 0.833. The van der Waals surface area contributed by atoms with Crippen molar-refractivity contribution in [3.05, 3.63) is 35.9 Å². The average Bonchev–Trinajstić information content (AvgIpc) is 2.59. The molecule has 0 saturated carbocycles. The molecule has 0 bridgehead atoms. The van der Waals surface area contributed by atoms with E-state index in [1.807, 2.05) is 49.1 Å². The third-order valence-electron chi connectivity index (χ3n) is 4.57. The summed E-state index contributed by atoms with van der Waals surface area (Å²) in [5.41, 5.74) is 6.69. The van der Waals surface area contributed by atoms with E-state index in [9.17, 15) is 4.79 Å². The Labute approximate surface area is 145 Å². The summed E-state index contributed by atoms with van der Waals surface area (Å²) < 4.78 is 5.52. The number of hydrogen-bond donors (Lipinski definition) is 1. The average molecular weight is 333 g/mol. The first-order valence-electron chi connectivity index (χ1n) is 9.00. The molecule has 0 aliphatic carbocycles. The summed E-state index contributed by atoms with van der Waals surface area (Å²) in [6.45, 7) is 8.95. The molecule has 1 heterocycles. The zero-order chi connectivity index (χ0) is 17.4. The minimum absolute atomic E-state index is 0.137. The predicted octanol–water partition coefficient (Wildman–Crippen LogP) is 2.70. The van der Waals surface area contributed by atoms with Gasteiger partial charge in [-0.25, -0.2) is 4.79 Å². The standard InChI is InChI=1S/C19H31N3O2/c1-16(2)22(14-18-9-6-11-21(13-18)12-10-20)19(23)24-15-17-7-4-3-5-8-17/h3-5,7-8,16,18H,6,9-15,20H2,1-2H3/t18-/m1/s1. The van der Waals surface area contributed by atoms with Crippen molar-refractivity contribution >= 4 is 6.09 Å². The summed E-state index contributed by atoms with van der Waals surface area (Å²) in [5.74, 6) is 0.497. The maximum absolute atomic E-state index is 12.5. The lowest BCUT2D eigenvalue weighted by Gasteiger charge is -2.36. The van der Waals surface area contributed by atoms with Gasteiger partial charge in [0, 0.05) is 32.2 Å². The van der Waals surface area contributed by atoms with E-state index in [0.29, 0.717) is 19.1 Å². The van der Waals surface area contributed by atoms with Gasteiger partial charge in [0.15, 0.2) is 0 Å². The van der Waals surface area contributed by atoms with Gasteiger partial charge in [-0.1, -0.05) is 30.3 Å². The number of carbonyl (C=O) groups excluding carboxylic acids is 1. The van der Waals surface area contributed by atoms with Crippen molar-refractivity contribution in [3.63, 3.8) is 0 Å². The number of ether oxygens (including phenoxy) is 1. The number of hydrogen-bond acceptors (Lipinski definition) is 4. The smallest absolute Gasteiger partial charge is 0.410 e. The first-order chi connectivity index (χ1) is 11.6. The lowest BCUT2D eigenvalue weighted by atomic mass is 9.97. The molecule has 1 fully saturated rings. The number of nitrogens with two attached hydrogens (primary N) is 1. The molecule has 0 aromatic heterocycles. The van der Waals surface area contributed by atoms with Crippen LogP contribution in [0.5, 0.6) is 0 Å². The van der Waals surface area contributed by atoms with Gasteiger partial charge in [-0.3, -0.25) is 0 Å². The third-order valence-corrected chi connectivity index (χ3v) is 4.57. The van der Waals surface area contributed by atoms with Crippen LogP contribution in [-0.2, 0) is 11.3 Å². The summed E-state index contributed by atoms with van der Waals surface area (Å²) in [5, 5.41) is 0. The van der Waals surface area contributed by atoms with Crippen molar-refractivity contribution in [1.29, 1.82) is 0 Å². The zero-order valence-electron chi connectivity index (χ0n) is 15.0. The molecule has 0 unspecified atom stereocenters. The van der Waals surface area contributed by atoms with Crippen LogP contribution in [0.3, 0.4) is 0 Å². The molecule has 0 spiro atoms. The molecule has 5 nitrogen and oxygen atoms in total. The number of piperidine rings is 1. The fraction of sp³-hybridized carbons (Fsp3) is 0.632. The van der Waals surface area contributed by atoms with E-state index in [4.69, 9.17) is 10.5 Å². The van der Waals surface area contributed by atoms with Crippen LogP contribution < -0.4 is 5.73 Å². The lowest BCUT2D eigenvalue weighted by molar-refractivity contribution is 0.0681. The van der Waals surface area contributed by atoms with Crippen molar-refractivity contribution in [3.8, 4) is 0 Å². The Morgan fingerprint density at radius 1 is 1.38 bits per heavy atom. The topological polar surface area (TPSA) is 58.8 Å². The Morgan fingerprint density at radius 3 is 2.79 bits per heavy atom. The molecule has 2 N–H and O–H groups in total. The first-order valence-corrected chi connectivity index (χ1v) is 9.00. The van der Waals surface area contributed by atoms with Gasteiger partial charge >= 0.3 is 6.09 Å². The zero-order valence-corrected chi connectivity index (χ0v) is 15.0. The van der Waals surface area contributed by atoms with Crippen LogP contribution in [0.15, 0.2) is 30.3 Å². The molecule has 5 heteroatoms. The van der Waals surface area contributed by atoms with E-state index in [2.05, 4.69) is 4.90 Å². The van der Waals surface area contributed by atoms with E-state index >= 15 is 0 Å². The van der Waals surface area contributed by atoms with E-state index in [1.165, 1.54) is 6.42 Å². The summed E-state index contributed by atoms with van der Waals surface area (Å²) in [6, 6.07) is 9.95. The van der Waals surface area contributed by atoms with E-state index in [-0.39, 0.29) is 12.1 Å². The van der Waals surface area contributed by atoms with Crippen LogP contribution in [0.2, 0.25) is 0 Å². The number of amides is 1. The number of carbonyl (C=O) groups is 1. The number of benzene rings is 1. The molecule has 1 amide bonds. The molecule has 2 rings (SSSR count). The van der Waals surface area contributed by atoms with Crippen LogP contribution in [0.25, 0.3) is 0 Å². The second kappa shape index (κ2) is 9.64. The van der Waals surface area contributed by atoms with Crippen molar-refractivity contribution in [2.24, 2.45) is 11.7 Å². The molecule has 24 heavy (non-hydrogen) atoms. The molecular formula is C19H31N3O2. The second-order valence-corrected chi connectivity index (χ2v) is 6.88. The highest BCUT2D eigenvalue weighted by atomic mass is 16.6. The van der Waals surface area contributed by atoms with Crippen molar-refractivity contribution in [1.82, 2.24) is 9.80 Å². The van der Waals surface area contributed by atoms with Crippen molar-refractivity contribution in [2.45, 2.75) is 39.3 Å². The maximum Gasteiger partial charge on any atom is 0.410 e. The SMILES string of the molecule is CC(C)N(C[C@@H]1CCCN(CCN)C1)C(=O)OCc1ccccc1. The highest BCUT2D eigenvalue weighted by molar-refractivity contribution is 5.68. The van der Waals surface area contributed by atoms with Gasteiger partial charge in [0.2, 0.25) is 0 Å². The highest BCUT2D eigenvalue weighted by Crippen LogP contribution is 2.19. The second-order valence-electron chi connectivity index (χ2n) is 6.88. The van der Waals surface area contributed by atoms with E-state index in [1.54, 1.807) is 0 Å². The van der Waals surface area contributed by atoms with Crippen LogP contribution in [0.4, 0.5) is 4.79 Å². The van der Waals surface area contributed by atoms with Crippen LogP contribution in [-0.4, -0.2) is 54.7 Å². The fourth-order valence-corrected chi connectivity index (χ4v) is 3.26. The monoisotopic (exact) mass is 333 g/mol. The Kier molecular flexibility index (Phi) is 7.53. The van der Waals surface area contributed by atoms with Gasteiger partial charge in [0.25, 0.3) is 0 Å². The largest absolute Gasteiger partial charge is 0.445 e. The van der Waals surface area contributed by atoms with Crippen LogP contribution in [0, 0.1) is 5.92 Å². The molecule has 134 valence electrons. The minimum Gasteiger partial charge on any atom is -0.445 e. The van der Waals surface area contributed by atoms with Crippen molar-refractivity contribution < 1.29 is 9.53 Å². The minimum atomic E-state index is -0.218. The number of likely N-dealkylation sites (tertiary alicyclic amines) is 1. The van der Waals surface area contributed by atoms with E-state index < -0.39 is 0 Å². The fourth-order valence-electron chi connectivity index (χ4n) is 3.26. The van der Waals surface area contributed by atoms with Gasteiger partial charge in [-0.15, -0.1) is 0 Å². The molecule has 1 saturated heterocycles. The normalized spacial score (nSPS) is 18.6. The summed E-state index contributed by atoms with van der Waals surface area (Å²) in [6.07, 6.45) is 2.12. The predicted molar refractivity (Wildman–Crippen MR) is 96.7 cm³/mol. The Hall–Kier alpha value is -1.59. The highest BCUT2D eigenvalue weighted by Gasteiger charge is 2.26. The van der Waals surface area contributed by atoms with Crippen LogP contribution >= 0.6 is 0 Å². The Morgan fingerprint density at radius 2 is 2.12 bits per heavy atom. The molecule has 1 aliphatic heterocycles. The van der Waals surface area contributed by atoms with Gasteiger partial charge in [-0.05, 0) is 44.7 Å². The van der Waals surface area contributed by atoms with Gasteiger partial charge in [0.1, 0.15) is 6.61 Å². The van der Waals surface area contributed by atoms with E-state index in [0.717, 1.165) is 38.2 Å². The third kappa shape index (κ3) is 5.80. The van der Waals surface area contributed by atoms with Gasteiger partial charge in [-0.2, -0.15) is 0 Å². The van der Waals surface area contributed by atoms with Gasteiger partial charge in [0.05, 0.1) is 0 Å².